The van der Waals surface area contributed by atoms with Crippen molar-refractivity contribution in [1.82, 2.24) is 21.0 Å². The van der Waals surface area contributed by atoms with Crippen molar-refractivity contribution >= 4 is 34.2 Å². The van der Waals surface area contributed by atoms with Gasteiger partial charge < -0.3 is 5.32 Å². The first-order valence-electron chi connectivity index (χ1n) is 8.37. The monoisotopic (exact) mass is 379 g/mol. The van der Waals surface area contributed by atoms with Gasteiger partial charge in [-0.05, 0) is 23.8 Å². The first kappa shape index (κ1) is 18.8. The molecule has 1 aromatic heterocycles. The van der Waals surface area contributed by atoms with E-state index in [2.05, 4.69) is 26.4 Å². The second kappa shape index (κ2) is 8.12. The molecule has 142 valence electrons. The van der Waals surface area contributed by atoms with Crippen molar-refractivity contribution in [3.05, 3.63) is 70.1 Å². The number of amides is 3. The smallest absolute Gasteiger partial charge is 0.290 e. The van der Waals surface area contributed by atoms with Gasteiger partial charge in [0.1, 0.15) is 0 Å². The molecule has 0 aliphatic rings. The molecule has 0 unspecified atom stereocenters. The zero-order valence-electron chi connectivity index (χ0n) is 14.9. The molecule has 9 heteroatoms. The third-order valence-corrected chi connectivity index (χ3v) is 3.87. The van der Waals surface area contributed by atoms with Gasteiger partial charge >= 0.3 is 0 Å². The molecule has 3 aromatic rings. The number of benzene rings is 2. The first-order valence-corrected chi connectivity index (χ1v) is 8.37. The molecule has 0 aliphatic carbocycles. The van der Waals surface area contributed by atoms with Crippen molar-refractivity contribution in [3.63, 3.8) is 0 Å². The zero-order chi connectivity index (χ0) is 20.1. The van der Waals surface area contributed by atoms with Crippen LogP contribution < -0.4 is 21.7 Å². The van der Waals surface area contributed by atoms with Crippen molar-refractivity contribution in [1.29, 1.82) is 0 Å². The summed E-state index contributed by atoms with van der Waals surface area (Å²) in [5, 5.41) is 9.37. The highest BCUT2D eigenvalue weighted by Gasteiger charge is 2.14. The van der Waals surface area contributed by atoms with Crippen LogP contribution >= 0.6 is 0 Å². The molecule has 3 amide bonds. The number of anilines is 1. The van der Waals surface area contributed by atoms with Crippen LogP contribution in [-0.4, -0.2) is 27.9 Å². The van der Waals surface area contributed by atoms with E-state index in [9.17, 15) is 19.2 Å². The predicted octanol–water partition coefficient (Wildman–Crippen LogP) is 0.885. The summed E-state index contributed by atoms with van der Waals surface area (Å²) in [6, 6.07) is 13.3. The Hall–Kier alpha value is -4.01. The highest BCUT2D eigenvalue weighted by atomic mass is 16.2. The Morgan fingerprint density at radius 2 is 1.64 bits per heavy atom. The molecule has 9 nitrogen and oxygen atoms in total. The molecule has 0 saturated carbocycles. The van der Waals surface area contributed by atoms with Gasteiger partial charge in [0.05, 0.1) is 11.8 Å². The quantitative estimate of drug-likeness (QED) is 0.500. The van der Waals surface area contributed by atoms with Crippen LogP contribution in [0, 0.1) is 0 Å². The molecule has 0 saturated heterocycles. The van der Waals surface area contributed by atoms with Crippen LogP contribution in [0.25, 0.3) is 10.8 Å². The fraction of sp³-hybridized carbons (Fsp3) is 0.105. The molecule has 2 aromatic carbocycles. The number of carbonyl (C=O) groups excluding carboxylic acids is 3. The molecule has 0 atom stereocenters. The van der Waals surface area contributed by atoms with E-state index in [0.29, 0.717) is 22.0 Å². The number of fused-ring (bicyclic) bond motifs is 1. The van der Waals surface area contributed by atoms with Gasteiger partial charge in [-0.3, -0.25) is 30.0 Å². The average Bonchev–Trinajstić information content (AvgIpc) is 2.68. The second-order valence-corrected chi connectivity index (χ2v) is 6.00. The van der Waals surface area contributed by atoms with Crippen molar-refractivity contribution in [2.24, 2.45) is 0 Å². The van der Waals surface area contributed by atoms with Crippen LogP contribution in [0.3, 0.4) is 0 Å². The number of nitrogens with zero attached hydrogens (tertiary/aromatic N) is 1. The minimum atomic E-state index is -0.651. The van der Waals surface area contributed by atoms with Gasteiger partial charge in [0.2, 0.25) is 11.8 Å². The molecule has 1 heterocycles. The van der Waals surface area contributed by atoms with E-state index in [1.165, 1.54) is 6.92 Å². The molecular weight excluding hydrogens is 362 g/mol. The summed E-state index contributed by atoms with van der Waals surface area (Å²) in [6.45, 7) is 1.41. The van der Waals surface area contributed by atoms with Gasteiger partial charge in [0.15, 0.2) is 5.69 Å². The van der Waals surface area contributed by atoms with Gasteiger partial charge in [-0.25, -0.2) is 5.10 Å². The fourth-order valence-electron chi connectivity index (χ4n) is 2.61. The lowest BCUT2D eigenvalue weighted by atomic mass is 10.1. The molecule has 0 radical (unpaired) electrons. The van der Waals surface area contributed by atoms with Crippen molar-refractivity contribution < 1.29 is 14.4 Å². The van der Waals surface area contributed by atoms with Crippen molar-refractivity contribution in [3.8, 4) is 0 Å². The summed E-state index contributed by atoms with van der Waals surface area (Å²) in [5.74, 6) is -1.27. The number of aromatic nitrogens is 2. The average molecular weight is 379 g/mol. The number of hydrogen-bond acceptors (Lipinski definition) is 5. The van der Waals surface area contributed by atoms with E-state index in [4.69, 9.17) is 0 Å². The second-order valence-electron chi connectivity index (χ2n) is 6.00. The van der Waals surface area contributed by atoms with Crippen LogP contribution in [0.4, 0.5) is 5.69 Å². The zero-order valence-corrected chi connectivity index (χ0v) is 14.9. The third kappa shape index (κ3) is 4.39. The van der Waals surface area contributed by atoms with Crippen LogP contribution in [-0.2, 0) is 16.0 Å². The Labute approximate surface area is 159 Å². The van der Waals surface area contributed by atoms with Gasteiger partial charge in [0, 0.05) is 18.0 Å². The number of aromatic amines is 1. The molecule has 28 heavy (non-hydrogen) atoms. The maximum absolute atomic E-state index is 12.3. The number of rotatable bonds is 4. The van der Waals surface area contributed by atoms with Crippen molar-refractivity contribution in [2.45, 2.75) is 13.3 Å². The van der Waals surface area contributed by atoms with E-state index in [1.54, 1.807) is 48.5 Å². The molecule has 0 aliphatic heterocycles. The van der Waals surface area contributed by atoms with Crippen LogP contribution in [0.5, 0.6) is 0 Å². The van der Waals surface area contributed by atoms with Crippen LogP contribution in [0.1, 0.15) is 23.0 Å². The number of carbonyl (C=O) groups is 3. The summed E-state index contributed by atoms with van der Waals surface area (Å²) in [7, 11) is 0. The Balaban J connectivity index is 1.62. The van der Waals surface area contributed by atoms with Gasteiger partial charge in [-0.1, -0.05) is 30.3 Å². The molecule has 0 fully saturated rings. The topological polar surface area (TPSA) is 133 Å². The Kier molecular flexibility index (Phi) is 5.45. The standard InChI is InChI=1S/C19H17N5O4/c1-11(25)20-13-8-6-12(7-9-13)10-16(26)21-24-19(28)17-14-4-2-3-5-15(14)18(27)23-22-17/h2-9H,10H2,1H3,(H,20,25)(H,21,26)(H,23,27)(H,24,28). The Bertz CT molecular complexity index is 1110. The van der Waals surface area contributed by atoms with E-state index in [1.807, 2.05) is 0 Å². The molecular formula is C19H17N5O4. The van der Waals surface area contributed by atoms with E-state index < -0.39 is 17.4 Å². The fourth-order valence-corrected chi connectivity index (χ4v) is 2.61. The number of H-pyrrole nitrogens is 1. The van der Waals surface area contributed by atoms with Gasteiger partial charge in [0.25, 0.3) is 11.5 Å². The summed E-state index contributed by atoms with van der Waals surface area (Å²) in [4.78, 5) is 47.1. The third-order valence-electron chi connectivity index (χ3n) is 3.87. The Morgan fingerprint density at radius 1 is 0.964 bits per heavy atom. The summed E-state index contributed by atoms with van der Waals surface area (Å²) < 4.78 is 0. The summed E-state index contributed by atoms with van der Waals surface area (Å²) >= 11 is 0. The highest BCUT2D eigenvalue weighted by Crippen LogP contribution is 2.12. The predicted molar refractivity (Wildman–Crippen MR) is 102 cm³/mol. The van der Waals surface area contributed by atoms with Gasteiger partial charge in [-0.2, -0.15) is 5.10 Å². The molecule has 4 N–H and O–H groups in total. The summed E-state index contributed by atoms with van der Waals surface area (Å²) in [6.07, 6.45) is 0.0282. The number of hydrogen-bond donors (Lipinski definition) is 4. The number of hydrazine groups is 1. The van der Waals surface area contributed by atoms with Gasteiger partial charge in [-0.15, -0.1) is 0 Å². The minimum Gasteiger partial charge on any atom is -0.326 e. The molecule has 0 bridgehead atoms. The molecule has 0 spiro atoms. The Morgan fingerprint density at radius 3 is 2.32 bits per heavy atom. The lowest BCUT2D eigenvalue weighted by Crippen LogP contribution is -2.43. The number of nitrogens with one attached hydrogen (secondary N) is 4. The lowest BCUT2D eigenvalue weighted by Gasteiger charge is -2.09. The molecule has 3 rings (SSSR count). The highest BCUT2D eigenvalue weighted by molar-refractivity contribution is 6.05. The maximum Gasteiger partial charge on any atom is 0.290 e. The first-order chi connectivity index (χ1) is 13.4. The SMILES string of the molecule is CC(=O)Nc1ccc(CC(=O)NNC(=O)c2n[nH]c(=O)c3ccccc23)cc1. The van der Waals surface area contributed by atoms with E-state index in [-0.39, 0.29) is 18.0 Å². The van der Waals surface area contributed by atoms with Crippen molar-refractivity contribution in [2.75, 3.05) is 5.32 Å². The largest absolute Gasteiger partial charge is 0.326 e. The van der Waals surface area contributed by atoms with Crippen LogP contribution in [0.2, 0.25) is 0 Å². The van der Waals surface area contributed by atoms with Crippen LogP contribution in [0.15, 0.2) is 53.3 Å². The lowest BCUT2D eigenvalue weighted by molar-refractivity contribution is -0.121. The minimum absolute atomic E-state index is 0.00448. The maximum atomic E-state index is 12.3. The normalized spacial score (nSPS) is 10.3. The van der Waals surface area contributed by atoms with E-state index >= 15 is 0 Å². The summed E-state index contributed by atoms with van der Waals surface area (Å²) in [5.41, 5.74) is 5.52. The van der Waals surface area contributed by atoms with E-state index in [0.717, 1.165) is 0 Å².